The van der Waals surface area contributed by atoms with E-state index in [-0.39, 0.29) is 42.4 Å². The molecule has 1 heterocycles. The summed E-state index contributed by atoms with van der Waals surface area (Å²) >= 11 is 0. The number of amides is 2. The topological polar surface area (TPSA) is 95.9 Å². The van der Waals surface area contributed by atoms with Crippen molar-refractivity contribution in [1.82, 2.24) is 5.32 Å². The van der Waals surface area contributed by atoms with Gasteiger partial charge in [0.2, 0.25) is 11.8 Å². The molecule has 1 aliphatic rings. The van der Waals surface area contributed by atoms with Crippen molar-refractivity contribution in [3.05, 3.63) is 65.2 Å². The second-order valence-electron chi connectivity index (χ2n) is 10.1. The molecular formula is C31H40N2O5. The van der Waals surface area contributed by atoms with Gasteiger partial charge in [-0.3, -0.25) is 14.4 Å². The van der Waals surface area contributed by atoms with Crippen LogP contribution in [0.3, 0.4) is 0 Å². The zero-order valence-electron chi connectivity index (χ0n) is 23.2. The number of fused-ring (bicyclic) bond motifs is 2. The minimum atomic E-state index is -0.844. The van der Waals surface area contributed by atoms with Crippen molar-refractivity contribution < 1.29 is 24.2 Å². The average molecular weight is 521 g/mol. The summed E-state index contributed by atoms with van der Waals surface area (Å²) in [6, 6.07) is 15.3. The Kier molecular flexibility index (Phi) is 12.0. The van der Waals surface area contributed by atoms with Crippen LogP contribution in [0, 0.1) is 23.2 Å². The second kappa shape index (κ2) is 14.9. The van der Waals surface area contributed by atoms with Crippen molar-refractivity contribution in [2.45, 2.75) is 60.4 Å². The van der Waals surface area contributed by atoms with Crippen LogP contribution < -0.4 is 10.2 Å². The standard InChI is InChI=1S/C29H34N2O5.C2H6/c1-21(16-28(34)35)18-36-20-29(2,3)19-30-26(32)14-15-27(33)31-17-24-10-5-4-8-22(24)12-13-23-9-6-7-11-25(23)31;1-2/h4-11,21H,14-20H2,1-3H3,(H,30,32)(H,34,35);1-2H3. The summed E-state index contributed by atoms with van der Waals surface area (Å²) in [6.07, 6.45) is 0.224. The number of hydrogen-bond donors (Lipinski definition) is 2. The number of rotatable bonds is 11. The summed E-state index contributed by atoms with van der Waals surface area (Å²) in [6.45, 7) is 11.3. The first-order valence-corrected chi connectivity index (χ1v) is 13.2. The molecule has 204 valence electrons. The fourth-order valence-corrected chi connectivity index (χ4v) is 3.93. The van der Waals surface area contributed by atoms with Gasteiger partial charge in [-0.05, 0) is 29.7 Å². The number of carbonyl (C=O) groups is 3. The second-order valence-corrected chi connectivity index (χ2v) is 10.1. The van der Waals surface area contributed by atoms with E-state index >= 15 is 0 Å². The first-order valence-electron chi connectivity index (χ1n) is 13.2. The van der Waals surface area contributed by atoms with Crippen LogP contribution in [0.15, 0.2) is 48.5 Å². The number of carbonyl (C=O) groups excluding carboxylic acids is 2. The summed E-state index contributed by atoms with van der Waals surface area (Å²) < 4.78 is 5.67. The lowest BCUT2D eigenvalue weighted by molar-refractivity contribution is -0.138. The summed E-state index contributed by atoms with van der Waals surface area (Å²) in [7, 11) is 0. The highest BCUT2D eigenvalue weighted by atomic mass is 16.5. The lowest BCUT2D eigenvalue weighted by atomic mass is 9.94. The fraction of sp³-hybridized carbons (Fsp3) is 0.452. The van der Waals surface area contributed by atoms with Crippen LogP contribution >= 0.6 is 0 Å². The zero-order chi connectivity index (χ0) is 28.1. The highest BCUT2D eigenvalue weighted by Gasteiger charge is 2.23. The van der Waals surface area contributed by atoms with Gasteiger partial charge < -0.3 is 20.1 Å². The molecule has 7 heteroatoms. The van der Waals surface area contributed by atoms with E-state index in [4.69, 9.17) is 9.84 Å². The first kappa shape index (κ1) is 30.6. The highest BCUT2D eigenvalue weighted by Crippen LogP contribution is 2.26. The van der Waals surface area contributed by atoms with Gasteiger partial charge in [0.15, 0.2) is 0 Å². The number of nitrogens with one attached hydrogen (secondary N) is 1. The Morgan fingerprint density at radius 3 is 2.37 bits per heavy atom. The van der Waals surface area contributed by atoms with Crippen molar-refractivity contribution in [2.75, 3.05) is 24.7 Å². The van der Waals surface area contributed by atoms with Gasteiger partial charge in [0.25, 0.3) is 0 Å². The monoisotopic (exact) mass is 520 g/mol. The van der Waals surface area contributed by atoms with Gasteiger partial charge >= 0.3 is 5.97 Å². The number of carboxylic acid groups (broad SMARTS) is 1. The largest absolute Gasteiger partial charge is 0.481 e. The SMILES string of the molecule is CC.CC(COCC(C)(C)CNC(=O)CCC(=O)N1Cc2ccccc2C#Cc2ccccc21)CC(=O)O. The molecule has 1 atom stereocenters. The minimum absolute atomic E-state index is 0.0604. The third-order valence-corrected chi connectivity index (χ3v) is 5.92. The number of para-hydroxylation sites is 1. The summed E-state index contributed by atoms with van der Waals surface area (Å²) in [4.78, 5) is 38.3. The van der Waals surface area contributed by atoms with E-state index in [2.05, 4.69) is 17.2 Å². The van der Waals surface area contributed by atoms with Crippen molar-refractivity contribution in [1.29, 1.82) is 0 Å². The smallest absolute Gasteiger partial charge is 0.303 e. The Morgan fingerprint density at radius 2 is 1.66 bits per heavy atom. The van der Waals surface area contributed by atoms with E-state index in [1.807, 2.05) is 83.1 Å². The van der Waals surface area contributed by atoms with Gasteiger partial charge in [0.05, 0.1) is 25.3 Å². The van der Waals surface area contributed by atoms with Crippen LogP contribution in [-0.4, -0.2) is 42.6 Å². The molecule has 2 N–H and O–H groups in total. The zero-order valence-corrected chi connectivity index (χ0v) is 23.2. The maximum atomic E-state index is 13.3. The van der Waals surface area contributed by atoms with Gasteiger partial charge in [-0.25, -0.2) is 0 Å². The molecule has 0 saturated carbocycles. The fourth-order valence-electron chi connectivity index (χ4n) is 3.93. The lowest BCUT2D eigenvalue weighted by Gasteiger charge is -2.27. The van der Waals surface area contributed by atoms with Gasteiger partial charge in [0.1, 0.15) is 0 Å². The molecule has 0 fully saturated rings. The molecule has 1 aliphatic heterocycles. The molecule has 1 unspecified atom stereocenters. The van der Waals surface area contributed by atoms with Crippen molar-refractivity contribution in [3.63, 3.8) is 0 Å². The third kappa shape index (κ3) is 9.68. The van der Waals surface area contributed by atoms with Gasteiger partial charge in [-0.2, -0.15) is 0 Å². The van der Waals surface area contributed by atoms with Gasteiger partial charge in [-0.1, -0.05) is 76.8 Å². The van der Waals surface area contributed by atoms with Gasteiger partial charge in [0, 0.05) is 42.5 Å². The van der Waals surface area contributed by atoms with Crippen LogP contribution in [0.2, 0.25) is 0 Å². The molecule has 0 radical (unpaired) electrons. The number of carboxylic acids is 1. The number of benzene rings is 2. The van der Waals surface area contributed by atoms with Crippen molar-refractivity contribution in [2.24, 2.45) is 11.3 Å². The predicted molar refractivity (Wildman–Crippen MR) is 150 cm³/mol. The molecule has 0 aliphatic carbocycles. The third-order valence-electron chi connectivity index (χ3n) is 5.92. The maximum absolute atomic E-state index is 13.3. The Bertz CT molecular complexity index is 1160. The number of hydrogen-bond acceptors (Lipinski definition) is 4. The number of aliphatic carboxylic acids is 1. The molecule has 0 saturated heterocycles. The van der Waals surface area contributed by atoms with Crippen LogP contribution in [0.4, 0.5) is 5.69 Å². The molecular weight excluding hydrogens is 480 g/mol. The highest BCUT2D eigenvalue weighted by molar-refractivity contribution is 5.96. The Balaban J connectivity index is 0.00000247. The predicted octanol–water partition coefficient (Wildman–Crippen LogP) is 5.01. The van der Waals surface area contributed by atoms with Gasteiger partial charge in [-0.15, -0.1) is 0 Å². The van der Waals surface area contributed by atoms with Crippen LogP contribution in [0.25, 0.3) is 0 Å². The average Bonchev–Trinajstić information content (AvgIpc) is 2.88. The quantitative estimate of drug-likeness (QED) is 0.406. The van der Waals surface area contributed by atoms with E-state index in [9.17, 15) is 14.4 Å². The molecule has 2 aromatic rings. The molecule has 0 aromatic heterocycles. The molecule has 3 rings (SSSR count). The summed E-state index contributed by atoms with van der Waals surface area (Å²) in [5.41, 5.74) is 3.07. The van der Waals surface area contributed by atoms with E-state index < -0.39 is 5.97 Å². The van der Waals surface area contributed by atoms with E-state index in [1.54, 1.807) is 4.90 Å². The number of ether oxygens (including phenoxy) is 1. The Morgan fingerprint density at radius 1 is 1.03 bits per heavy atom. The van der Waals surface area contributed by atoms with E-state index in [0.717, 1.165) is 22.4 Å². The van der Waals surface area contributed by atoms with Crippen molar-refractivity contribution >= 4 is 23.5 Å². The van der Waals surface area contributed by atoms with E-state index in [0.29, 0.717) is 26.3 Å². The Hall–Kier alpha value is -3.63. The maximum Gasteiger partial charge on any atom is 0.303 e. The summed E-state index contributed by atoms with van der Waals surface area (Å²) in [5.74, 6) is 5.13. The number of nitrogens with zero attached hydrogens (tertiary/aromatic N) is 1. The van der Waals surface area contributed by atoms with Crippen LogP contribution in [-0.2, 0) is 25.7 Å². The molecule has 0 bridgehead atoms. The molecule has 0 spiro atoms. The minimum Gasteiger partial charge on any atom is -0.481 e. The summed E-state index contributed by atoms with van der Waals surface area (Å²) in [5, 5.41) is 11.7. The molecule has 2 amide bonds. The van der Waals surface area contributed by atoms with E-state index in [1.165, 1.54) is 0 Å². The van der Waals surface area contributed by atoms with Crippen LogP contribution in [0.5, 0.6) is 0 Å². The lowest BCUT2D eigenvalue weighted by Crippen LogP contribution is -2.38. The molecule has 7 nitrogen and oxygen atoms in total. The first-order chi connectivity index (χ1) is 18.1. The van der Waals surface area contributed by atoms with Crippen LogP contribution in [0.1, 0.15) is 70.6 Å². The van der Waals surface area contributed by atoms with Crippen molar-refractivity contribution in [3.8, 4) is 11.8 Å². The normalized spacial score (nSPS) is 12.7. The molecule has 2 aromatic carbocycles. The number of anilines is 1. The molecule has 38 heavy (non-hydrogen) atoms. The Labute approximate surface area is 226 Å².